The van der Waals surface area contributed by atoms with E-state index in [0.717, 1.165) is 24.0 Å². The van der Waals surface area contributed by atoms with Crippen LogP contribution in [0.1, 0.15) is 36.9 Å². The van der Waals surface area contributed by atoms with Gasteiger partial charge in [0.15, 0.2) is 0 Å². The van der Waals surface area contributed by atoms with E-state index < -0.39 is 0 Å². The number of hydrogen-bond donors (Lipinski definition) is 2. The van der Waals surface area contributed by atoms with Crippen LogP contribution < -0.4 is 10.6 Å². The van der Waals surface area contributed by atoms with E-state index in [2.05, 4.69) is 10.6 Å². The average molecular weight is 315 g/mol. The van der Waals surface area contributed by atoms with Gasteiger partial charge in [0.1, 0.15) is 0 Å². The molecule has 3 rings (SSSR count). The molecule has 0 aliphatic heterocycles. The lowest BCUT2D eigenvalue weighted by molar-refractivity contribution is 0.232. The SMILES string of the molecule is CC(NC(=O)NC1(c2ccc(Cl)cc2)CC1)c1ccccc1. The summed E-state index contributed by atoms with van der Waals surface area (Å²) in [4.78, 5) is 12.3. The molecule has 114 valence electrons. The number of urea groups is 1. The largest absolute Gasteiger partial charge is 0.332 e. The molecule has 2 aromatic carbocycles. The second-order valence-corrected chi connectivity index (χ2v) is 6.26. The van der Waals surface area contributed by atoms with Gasteiger partial charge in [-0.15, -0.1) is 0 Å². The Morgan fingerprint density at radius 2 is 1.73 bits per heavy atom. The van der Waals surface area contributed by atoms with Gasteiger partial charge < -0.3 is 10.6 Å². The fourth-order valence-corrected chi connectivity index (χ4v) is 2.78. The highest BCUT2D eigenvalue weighted by Gasteiger charge is 2.45. The Kier molecular flexibility index (Phi) is 4.08. The Morgan fingerprint density at radius 1 is 1.09 bits per heavy atom. The van der Waals surface area contributed by atoms with Gasteiger partial charge in [0.05, 0.1) is 11.6 Å². The molecule has 2 amide bonds. The molecule has 1 unspecified atom stereocenters. The van der Waals surface area contributed by atoms with Gasteiger partial charge in [-0.25, -0.2) is 4.79 Å². The number of hydrogen-bond acceptors (Lipinski definition) is 1. The molecular weight excluding hydrogens is 296 g/mol. The van der Waals surface area contributed by atoms with Crippen LogP contribution in [0.2, 0.25) is 5.02 Å². The summed E-state index contributed by atoms with van der Waals surface area (Å²) < 4.78 is 0. The van der Waals surface area contributed by atoms with Crippen LogP contribution in [0.3, 0.4) is 0 Å². The van der Waals surface area contributed by atoms with Crippen molar-refractivity contribution in [2.24, 2.45) is 0 Å². The van der Waals surface area contributed by atoms with E-state index in [9.17, 15) is 4.79 Å². The molecule has 1 fully saturated rings. The predicted octanol–water partition coefficient (Wildman–Crippen LogP) is 4.39. The lowest BCUT2D eigenvalue weighted by Crippen LogP contribution is -2.43. The third-order valence-corrected chi connectivity index (χ3v) is 4.40. The maximum atomic E-state index is 12.3. The van der Waals surface area contributed by atoms with Crippen LogP contribution in [-0.2, 0) is 5.54 Å². The number of benzene rings is 2. The monoisotopic (exact) mass is 314 g/mol. The first kappa shape index (κ1) is 14.9. The minimum absolute atomic E-state index is 0.0257. The van der Waals surface area contributed by atoms with Crippen LogP contribution in [0.25, 0.3) is 0 Å². The van der Waals surface area contributed by atoms with Crippen molar-refractivity contribution in [1.29, 1.82) is 0 Å². The third-order valence-electron chi connectivity index (χ3n) is 4.15. The molecule has 0 bridgehead atoms. The van der Waals surface area contributed by atoms with E-state index in [1.807, 2.05) is 61.5 Å². The number of carbonyl (C=O) groups is 1. The summed E-state index contributed by atoms with van der Waals surface area (Å²) >= 11 is 5.92. The molecule has 0 spiro atoms. The van der Waals surface area contributed by atoms with Crippen LogP contribution in [0.15, 0.2) is 54.6 Å². The molecule has 2 N–H and O–H groups in total. The van der Waals surface area contributed by atoms with Gasteiger partial charge in [-0.3, -0.25) is 0 Å². The fraction of sp³-hybridized carbons (Fsp3) is 0.278. The maximum absolute atomic E-state index is 12.3. The number of amides is 2. The van der Waals surface area contributed by atoms with Crippen molar-refractivity contribution < 1.29 is 4.79 Å². The van der Waals surface area contributed by atoms with Gasteiger partial charge in [-0.05, 0) is 43.0 Å². The van der Waals surface area contributed by atoms with E-state index in [4.69, 9.17) is 11.6 Å². The highest BCUT2D eigenvalue weighted by atomic mass is 35.5. The number of carbonyl (C=O) groups excluding carboxylic acids is 1. The van der Waals surface area contributed by atoms with E-state index >= 15 is 0 Å². The minimum atomic E-state index is -0.231. The van der Waals surface area contributed by atoms with Gasteiger partial charge in [0.25, 0.3) is 0 Å². The molecular formula is C18H19ClN2O. The molecule has 1 aliphatic carbocycles. The topological polar surface area (TPSA) is 41.1 Å². The summed E-state index contributed by atoms with van der Waals surface area (Å²) in [6, 6.07) is 17.5. The number of nitrogens with one attached hydrogen (secondary N) is 2. The molecule has 0 aromatic heterocycles. The van der Waals surface area contributed by atoms with Gasteiger partial charge in [0.2, 0.25) is 0 Å². The van der Waals surface area contributed by atoms with Crippen LogP contribution in [0.5, 0.6) is 0 Å². The summed E-state index contributed by atoms with van der Waals surface area (Å²) in [5, 5.41) is 6.82. The van der Waals surface area contributed by atoms with Crippen LogP contribution in [0.4, 0.5) is 4.79 Å². The van der Waals surface area contributed by atoms with Crippen LogP contribution >= 0.6 is 11.6 Å². The predicted molar refractivity (Wildman–Crippen MR) is 88.9 cm³/mol. The molecule has 1 aliphatic rings. The maximum Gasteiger partial charge on any atom is 0.315 e. The first-order valence-corrected chi connectivity index (χ1v) is 7.86. The Labute approximate surface area is 135 Å². The molecule has 1 atom stereocenters. The summed E-state index contributed by atoms with van der Waals surface area (Å²) in [6.45, 7) is 1.98. The Bertz CT molecular complexity index is 651. The first-order chi connectivity index (χ1) is 10.6. The van der Waals surface area contributed by atoms with Crippen molar-refractivity contribution in [1.82, 2.24) is 10.6 Å². The molecule has 0 radical (unpaired) electrons. The van der Waals surface area contributed by atoms with E-state index in [-0.39, 0.29) is 17.6 Å². The van der Waals surface area contributed by atoms with Gasteiger partial charge >= 0.3 is 6.03 Å². The smallest absolute Gasteiger partial charge is 0.315 e. The minimum Gasteiger partial charge on any atom is -0.332 e. The van der Waals surface area contributed by atoms with Crippen LogP contribution in [0, 0.1) is 0 Å². The van der Waals surface area contributed by atoms with Crippen molar-refractivity contribution in [2.75, 3.05) is 0 Å². The Hall–Kier alpha value is -2.00. The standard InChI is InChI=1S/C18H19ClN2O/c1-13(14-5-3-2-4-6-14)20-17(22)21-18(11-12-18)15-7-9-16(19)10-8-15/h2-10,13H,11-12H2,1H3,(H2,20,21,22). The van der Waals surface area contributed by atoms with E-state index in [1.54, 1.807) is 0 Å². The third kappa shape index (κ3) is 3.25. The molecule has 22 heavy (non-hydrogen) atoms. The van der Waals surface area contributed by atoms with Gasteiger partial charge in [-0.1, -0.05) is 54.1 Å². The average Bonchev–Trinajstić information content (AvgIpc) is 3.29. The van der Waals surface area contributed by atoms with E-state index in [0.29, 0.717) is 5.02 Å². The summed E-state index contributed by atoms with van der Waals surface area (Å²) in [6.07, 6.45) is 1.92. The summed E-state index contributed by atoms with van der Waals surface area (Å²) in [5.74, 6) is 0. The normalized spacial score (nSPS) is 16.6. The number of halogens is 1. The molecule has 0 saturated heterocycles. The summed E-state index contributed by atoms with van der Waals surface area (Å²) in [5.41, 5.74) is 1.97. The zero-order valence-corrected chi connectivity index (χ0v) is 13.2. The zero-order valence-electron chi connectivity index (χ0n) is 12.5. The zero-order chi connectivity index (χ0) is 15.6. The van der Waals surface area contributed by atoms with Crippen molar-refractivity contribution in [2.45, 2.75) is 31.3 Å². The highest BCUT2D eigenvalue weighted by Crippen LogP contribution is 2.45. The molecule has 4 heteroatoms. The highest BCUT2D eigenvalue weighted by molar-refractivity contribution is 6.30. The van der Waals surface area contributed by atoms with Crippen molar-refractivity contribution in [3.63, 3.8) is 0 Å². The lowest BCUT2D eigenvalue weighted by Gasteiger charge is -2.21. The molecule has 1 saturated carbocycles. The first-order valence-electron chi connectivity index (χ1n) is 7.49. The second kappa shape index (κ2) is 6.01. The summed E-state index contributed by atoms with van der Waals surface area (Å²) in [7, 11) is 0. The van der Waals surface area contributed by atoms with Gasteiger partial charge in [-0.2, -0.15) is 0 Å². The van der Waals surface area contributed by atoms with Crippen molar-refractivity contribution >= 4 is 17.6 Å². The Balaban J connectivity index is 1.63. The van der Waals surface area contributed by atoms with Gasteiger partial charge in [0, 0.05) is 5.02 Å². The molecule has 2 aromatic rings. The Morgan fingerprint density at radius 3 is 2.32 bits per heavy atom. The molecule has 3 nitrogen and oxygen atoms in total. The molecule has 0 heterocycles. The quantitative estimate of drug-likeness (QED) is 0.863. The van der Waals surface area contributed by atoms with Crippen molar-refractivity contribution in [3.05, 3.63) is 70.7 Å². The fourth-order valence-electron chi connectivity index (χ4n) is 2.65. The van der Waals surface area contributed by atoms with E-state index in [1.165, 1.54) is 0 Å². The van der Waals surface area contributed by atoms with Crippen molar-refractivity contribution in [3.8, 4) is 0 Å². The second-order valence-electron chi connectivity index (χ2n) is 5.82. The lowest BCUT2D eigenvalue weighted by atomic mass is 10.1. The van der Waals surface area contributed by atoms with Crippen LogP contribution in [-0.4, -0.2) is 6.03 Å². The number of rotatable bonds is 4.